The molecular formula is C10H18NO3S+. The van der Waals surface area contributed by atoms with Crippen molar-refractivity contribution in [3.05, 3.63) is 0 Å². The molecule has 0 bridgehead atoms. The van der Waals surface area contributed by atoms with E-state index in [1.165, 1.54) is 0 Å². The third kappa shape index (κ3) is 1.90. The van der Waals surface area contributed by atoms with E-state index < -0.39 is 12.1 Å². The van der Waals surface area contributed by atoms with Gasteiger partial charge < -0.3 is 5.11 Å². The highest BCUT2D eigenvalue weighted by Gasteiger charge is 2.52. The summed E-state index contributed by atoms with van der Waals surface area (Å²) in [6, 6.07) is -0.473. The van der Waals surface area contributed by atoms with Crippen molar-refractivity contribution in [3.8, 4) is 0 Å². The molecule has 3 atom stereocenters. The minimum Gasteiger partial charge on any atom is -0.435 e. The van der Waals surface area contributed by atoms with E-state index in [1.54, 1.807) is 6.92 Å². The first-order valence-electron chi connectivity index (χ1n) is 5.21. The van der Waals surface area contributed by atoms with E-state index >= 15 is 0 Å². The first-order valence-corrected chi connectivity index (χ1v) is 5.84. The van der Waals surface area contributed by atoms with Gasteiger partial charge in [-0.1, -0.05) is 0 Å². The monoisotopic (exact) mass is 232 g/mol. The summed E-state index contributed by atoms with van der Waals surface area (Å²) < 4.78 is -0.112. The quantitative estimate of drug-likeness (QED) is 0.573. The number of carboxylic acid groups (broad SMARTS) is 1. The van der Waals surface area contributed by atoms with Crippen LogP contribution >= 0.6 is 12.6 Å². The summed E-state index contributed by atoms with van der Waals surface area (Å²) in [7, 11) is 0. The van der Waals surface area contributed by atoms with E-state index in [1.807, 2.05) is 6.92 Å². The maximum Gasteiger partial charge on any atom is 0.514 e. The van der Waals surface area contributed by atoms with Gasteiger partial charge in [-0.05, 0) is 13.8 Å². The van der Waals surface area contributed by atoms with Crippen LogP contribution in [0.5, 0.6) is 0 Å². The van der Waals surface area contributed by atoms with Crippen LogP contribution in [0.2, 0.25) is 0 Å². The average Bonchev–Trinajstić information content (AvgIpc) is 2.58. The van der Waals surface area contributed by atoms with Crippen LogP contribution in [0.1, 0.15) is 26.7 Å². The predicted molar refractivity (Wildman–Crippen MR) is 60.2 cm³/mol. The van der Waals surface area contributed by atoms with Gasteiger partial charge in [0, 0.05) is 12.8 Å². The Morgan fingerprint density at radius 3 is 2.53 bits per heavy atom. The highest BCUT2D eigenvalue weighted by atomic mass is 32.1. The van der Waals surface area contributed by atoms with Gasteiger partial charge in [-0.3, -0.25) is 4.79 Å². The fourth-order valence-electron chi connectivity index (χ4n) is 2.51. The molecule has 0 saturated carbocycles. The summed E-state index contributed by atoms with van der Waals surface area (Å²) >= 11 is 3.93. The number of thiol groups is 1. The molecule has 0 aromatic rings. The summed E-state index contributed by atoms with van der Waals surface area (Å²) in [6.45, 7) is 4.16. The second kappa shape index (κ2) is 4.53. The molecule has 1 aliphatic heterocycles. The maximum atomic E-state index is 11.6. The maximum absolute atomic E-state index is 11.6. The fourth-order valence-corrected chi connectivity index (χ4v) is 2.78. The lowest BCUT2D eigenvalue weighted by atomic mass is 10.1. The van der Waals surface area contributed by atoms with E-state index in [0.717, 1.165) is 12.8 Å². The van der Waals surface area contributed by atoms with Crippen molar-refractivity contribution >= 4 is 24.5 Å². The van der Waals surface area contributed by atoms with Gasteiger partial charge in [0.25, 0.3) is 0 Å². The number of quaternary nitrogens is 1. The van der Waals surface area contributed by atoms with Gasteiger partial charge in [0.15, 0.2) is 11.8 Å². The third-order valence-corrected chi connectivity index (χ3v) is 3.92. The van der Waals surface area contributed by atoms with Crippen LogP contribution in [-0.4, -0.2) is 45.8 Å². The third-order valence-electron chi connectivity index (χ3n) is 3.61. The number of carbonyl (C=O) groups is 2. The van der Waals surface area contributed by atoms with Crippen molar-refractivity contribution in [3.63, 3.8) is 0 Å². The molecule has 1 saturated heterocycles. The van der Waals surface area contributed by atoms with Gasteiger partial charge in [-0.15, -0.1) is 0 Å². The Kier molecular flexibility index (Phi) is 3.78. The Morgan fingerprint density at radius 1 is 1.60 bits per heavy atom. The number of Topliss-reactive ketones (excluding diaryl/α,β-unsaturated/α-hetero) is 1. The lowest BCUT2D eigenvalue weighted by Gasteiger charge is -2.37. The Labute approximate surface area is 95.3 Å². The van der Waals surface area contributed by atoms with E-state index in [2.05, 4.69) is 12.6 Å². The molecule has 1 fully saturated rings. The van der Waals surface area contributed by atoms with Crippen molar-refractivity contribution in [1.29, 1.82) is 0 Å². The van der Waals surface area contributed by atoms with Crippen LogP contribution in [0, 0.1) is 0 Å². The zero-order valence-corrected chi connectivity index (χ0v) is 10.0. The van der Waals surface area contributed by atoms with Crippen molar-refractivity contribution < 1.29 is 19.2 Å². The van der Waals surface area contributed by atoms with Crippen LogP contribution in [0.3, 0.4) is 0 Å². The molecule has 1 aliphatic rings. The molecule has 0 radical (unpaired) electrons. The molecule has 0 aromatic carbocycles. The van der Waals surface area contributed by atoms with Crippen molar-refractivity contribution in [2.24, 2.45) is 0 Å². The number of likely N-dealkylation sites (tertiary alicyclic amines) is 1. The SMILES string of the molecule is CC(C(=O)CS)[N+]1(C(=O)O)CCC[C@H]1C. The minimum absolute atomic E-state index is 0.0151. The number of ketones is 1. The molecule has 1 N–H and O–H groups in total. The second-order valence-corrected chi connectivity index (χ2v) is 4.54. The summed E-state index contributed by atoms with van der Waals surface area (Å²) in [6.07, 6.45) is 0.858. The minimum atomic E-state index is -0.886. The van der Waals surface area contributed by atoms with Crippen LogP contribution in [0.15, 0.2) is 0 Å². The van der Waals surface area contributed by atoms with Crippen LogP contribution in [0.25, 0.3) is 0 Å². The summed E-state index contributed by atoms with van der Waals surface area (Å²) in [4.78, 5) is 23.0. The van der Waals surface area contributed by atoms with Gasteiger partial charge in [-0.2, -0.15) is 17.4 Å². The first-order chi connectivity index (χ1) is 6.96. The molecule has 0 aromatic heterocycles. The molecule has 0 aliphatic carbocycles. The van der Waals surface area contributed by atoms with Crippen LogP contribution in [-0.2, 0) is 4.79 Å². The zero-order chi connectivity index (χ0) is 11.6. The highest BCUT2D eigenvalue weighted by molar-refractivity contribution is 7.81. The number of hydrogen-bond donors (Lipinski definition) is 2. The molecule has 2 unspecified atom stereocenters. The molecule has 15 heavy (non-hydrogen) atoms. The average molecular weight is 232 g/mol. The number of amides is 1. The van der Waals surface area contributed by atoms with E-state index in [4.69, 9.17) is 0 Å². The molecule has 1 rings (SSSR count). The molecule has 86 valence electrons. The zero-order valence-electron chi connectivity index (χ0n) is 9.14. The van der Waals surface area contributed by atoms with Gasteiger partial charge in [0.2, 0.25) is 0 Å². The summed E-state index contributed by atoms with van der Waals surface area (Å²) in [5.74, 6) is 0.0238. The molecule has 4 nitrogen and oxygen atoms in total. The molecule has 1 heterocycles. The lowest BCUT2D eigenvalue weighted by Crippen LogP contribution is -2.62. The number of nitrogens with zero attached hydrogens (tertiary/aromatic N) is 1. The molecule has 1 amide bonds. The van der Waals surface area contributed by atoms with E-state index in [9.17, 15) is 14.7 Å². The van der Waals surface area contributed by atoms with Crippen molar-refractivity contribution in [2.75, 3.05) is 12.3 Å². The largest absolute Gasteiger partial charge is 0.514 e. The van der Waals surface area contributed by atoms with Gasteiger partial charge in [0.1, 0.15) is 0 Å². The molecular weight excluding hydrogens is 214 g/mol. The number of rotatable bonds is 3. The van der Waals surface area contributed by atoms with Crippen molar-refractivity contribution in [2.45, 2.75) is 38.8 Å². The Hall–Kier alpha value is -0.550. The molecule has 5 heteroatoms. The summed E-state index contributed by atoms with van der Waals surface area (Å²) in [5, 5.41) is 9.34. The smallest absolute Gasteiger partial charge is 0.435 e. The van der Waals surface area contributed by atoms with Crippen LogP contribution in [0.4, 0.5) is 4.79 Å². The van der Waals surface area contributed by atoms with Gasteiger partial charge in [0.05, 0.1) is 18.3 Å². The number of hydrogen-bond acceptors (Lipinski definition) is 3. The van der Waals surface area contributed by atoms with Crippen LogP contribution < -0.4 is 0 Å². The second-order valence-electron chi connectivity index (χ2n) is 4.23. The first kappa shape index (κ1) is 12.5. The highest BCUT2D eigenvalue weighted by Crippen LogP contribution is 2.31. The Balaban J connectivity index is 3.01. The van der Waals surface area contributed by atoms with Crippen molar-refractivity contribution in [1.82, 2.24) is 0 Å². The normalized spacial score (nSPS) is 32.6. The number of carbonyl (C=O) groups excluding carboxylic acids is 1. The van der Waals surface area contributed by atoms with E-state index in [0.29, 0.717) is 6.54 Å². The standard InChI is InChI=1S/C10H17NO3S/c1-7-4-3-5-11(7,10(13)14)8(2)9(12)6-15/h7-8H,3-6H2,1-2H3,(H-,13,14,15)/p+1/t7-,8?,11?/m1/s1. The Morgan fingerprint density at radius 2 is 2.20 bits per heavy atom. The fraction of sp³-hybridized carbons (Fsp3) is 0.800. The van der Waals surface area contributed by atoms with Gasteiger partial charge >= 0.3 is 6.09 Å². The Bertz CT molecular complexity index is 282. The van der Waals surface area contributed by atoms with Gasteiger partial charge in [-0.25, -0.2) is 4.48 Å². The predicted octanol–water partition coefficient (Wildman–Crippen LogP) is 1.55. The molecule has 0 spiro atoms. The lowest BCUT2D eigenvalue weighted by molar-refractivity contribution is -0.880. The summed E-state index contributed by atoms with van der Waals surface area (Å²) in [5.41, 5.74) is 0. The van der Waals surface area contributed by atoms with E-state index in [-0.39, 0.29) is 22.1 Å². The topological polar surface area (TPSA) is 54.4 Å².